The molecule has 2 rings (SSSR count). The molecule has 0 aliphatic heterocycles. The zero-order valence-electron chi connectivity index (χ0n) is 11.4. The highest BCUT2D eigenvalue weighted by Gasteiger charge is 2.15. The first kappa shape index (κ1) is 16.4. The maximum Gasteiger partial charge on any atom is 0.122 e. The molecule has 0 bridgehead atoms. The van der Waals surface area contributed by atoms with Crippen LogP contribution in [0.3, 0.4) is 0 Å². The number of halogens is 3. The van der Waals surface area contributed by atoms with E-state index in [9.17, 15) is 0 Å². The lowest BCUT2D eigenvalue weighted by molar-refractivity contribution is 0.405. The van der Waals surface area contributed by atoms with Crippen LogP contribution < -0.4 is 16.0 Å². The minimum absolute atomic E-state index is 0.159. The third-order valence-corrected chi connectivity index (χ3v) is 3.83. The lowest BCUT2D eigenvalue weighted by Gasteiger charge is -2.19. The van der Waals surface area contributed by atoms with Gasteiger partial charge in [0, 0.05) is 15.1 Å². The van der Waals surface area contributed by atoms with Gasteiger partial charge < -0.3 is 4.74 Å². The molecule has 3 nitrogen and oxygen atoms in total. The number of rotatable bonds is 5. The topological polar surface area (TPSA) is 47.3 Å². The maximum atomic E-state index is 6.05. The van der Waals surface area contributed by atoms with Crippen molar-refractivity contribution in [3.8, 4) is 5.75 Å². The number of hydrazine groups is 1. The molecule has 6 heteroatoms. The SMILES string of the molecule is COc1ccc(Cl)cc1CC(NN)c1cc(Cl)cc(Cl)c1. The predicted molar refractivity (Wildman–Crippen MR) is 88.2 cm³/mol. The fourth-order valence-electron chi connectivity index (χ4n) is 2.18. The number of ether oxygens (including phenoxy) is 1. The Hall–Kier alpha value is -0.970. The Bertz CT molecular complexity index is 614. The Balaban J connectivity index is 2.32. The molecule has 0 spiro atoms. The summed E-state index contributed by atoms with van der Waals surface area (Å²) in [5.41, 5.74) is 4.62. The van der Waals surface area contributed by atoms with Crippen molar-refractivity contribution in [3.63, 3.8) is 0 Å². The van der Waals surface area contributed by atoms with Gasteiger partial charge in [-0.1, -0.05) is 34.8 Å². The molecule has 0 aromatic heterocycles. The Morgan fingerprint density at radius 2 is 1.71 bits per heavy atom. The summed E-state index contributed by atoms with van der Waals surface area (Å²) in [4.78, 5) is 0. The molecule has 1 atom stereocenters. The molecule has 1 unspecified atom stereocenters. The summed E-state index contributed by atoms with van der Waals surface area (Å²) < 4.78 is 5.35. The van der Waals surface area contributed by atoms with Gasteiger partial charge in [-0.3, -0.25) is 11.3 Å². The van der Waals surface area contributed by atoms with E-state index in [0.29, 0.717) is 21.5 Å². The van der Waals surface area contributed by atoms with Crippen LogP contribution in [0.2, 0.25) is 15.1 Å². The van der Waals surface area contributed by atoms with Crippen LogP contribution in [0.5, 0.6) is 5.75 Å². The van der Waals surface area contributed by atoms with Gasteiger partial charge in [0.2, 0.25) is 0 Å². The van der Waals surface area contributed by atoms with Crippen LogP contribution in [-0.4, -0.2) is 7.11 Å². The summed E-state index contributed by atoms with van der Waals surface area (Å²) in [6.07, 6.45) is 0.594. The van der Waals surface area contributed by atoms with Gasteiger partial charge >= 0.3 is 0 Å². The lowest BCUT2D eigenvalue weighted by Crippen LogP contribution is -2.29. The van der Waals surface area contributed by atoms with Crippen molar-refractivity contribution in [3.05, 3.63) is 62.6 Å². The monoisotopic (exact) mass is 344 g/mol. The normalized spacial score (nSPS) is 12.2. The molecule has 0 amide bonds. The van der Waals surface area contributed by atoms with Crippen molar-refractivity contribution >= 4 is 34.8 Å². The summed E-state index contributed by atoms with van der Waals surface area (Å²) in [6, 6.07) is 10.6. The van der Waals surface area contributed by atoms with E-state index in [2.05, 4.69) is 5.43 Å². The summed E-state index contributed by atoms with van der Waals surface area (Å²) in [5.74, 6) is 6.43. The van der Waals surface area contributed by atoms with Crippen LogP contribution in [0.25, 0.3) is 0 Å². The van der Waals surface area contributed by atoms with Crippen molar-refractivity contribution in [2.24, 2.45) is 5.84 Å². The first-order valence-electron chi connectivity index (χ1n) is 6.28. The standard InChI is InChI=1S/C15H15Cl3N2O/c1-21-15-3-2-11(16)6-10(15)7-14(20-19)9-4-12(17)8-13(18)5-9/h2-6,8,14,20H,7,19H2,1H3. The molecule has 2 aromatic rings. The van der Waals surface area contributed by atoms with Crippen molar-refractivity contribution in [1.82, 2.24) is 5.43 Å². The number of hydrogen-bond acceptors (Lipinski definition) is 3. The molecular formula is C15H15Cl3N2O. The number of hydrogen-bond donors (Lipinski definition) is 2. The second-order valence-electron chi connectivity index (χ2n) is 4.58. The van der Waals surface area contributed by atoms with E-state index in [1.807, 2.05) is 24.3 Å². The van der Waals surface area contributed by atoms with Gasteiger partial charge in [-0.2, -0.15) is 0 Å². The molecule has 0 aliphatic carbocycles. The fourth-order valence-corrected chi connectivity index (χ4v) is 2.91. The summed E-state index contributed by atoms with van der Waals surface area (Å²) in [5, 5.41) is 1.78. The second kappa shape index (κ2) is 7.34. The molecule has 3 N–H and O–H groups in total. The molecule has 0 saturated heterocycles. The zero-order valence-corrected chi connectivity index (χ0v) is 13.6. The molecular weight excluding hydrogens is 331 g/mol. The van der Waals surface area contributed by atoms with Crippen molar-refractivity contribution in [2.45, 2.75) is 12.5 Å². The summed E-state index contributed by atoms with van der Waals surface area (Å²) >= 11 is 18.1. The quantitative estimate of drug-likeness (QED) is 0.623. The van der Waals surface area contributed by atoms with Gasteiger partial charge in [0.1, 0.15) is 5.75 Å². The van der Waals surface area contributed by atoms with Crippen molar-refractivity contribution in [2.75, 3.05) is 7.11 Å². The first-order valence-corrected chi connectivity index (χ1v) is 7.41. The van der Waals surface area contributed by atoms with E-state index >= 15 is 0 Å². The van der Waals surface area contributed by atoms with E-state index < -0.39 is 0 Å². The molecule has 0 fully saturated rings. The Labute approximate surface area is 138 Å². The zero-order chi connectivity index (χ0) is 15.4. The molecule has 112 valence electrons. The van der Waals surface area contributed by atoms with E-state index in [1.54, 1.807) is 19.2 Å². The smallest absolute Gasteiger partial charge is 0.122 e. The van der Waals surface area contributed by atoms with Gasteiger partial charge in [0.25, 0.3) is 0 Å². The van der Waals surface area contributed by atoms with Crippen LogP contribution in [-0.2, 0) is 6.42 Å². The molecule has 0 aliphatic rings. The maximum absolute atomic E-state index is 6.05. The van der Waals surface area contributed by atoms with Gasteiger partial charge in [-0.15, -0.1) is 0 Å². The Kier molecular flexibility index (Phi) is 5.73. The fraction of sp³-hybridized carbons (Fsp3) is 0.200. The average molecular weight is 346 g/mol. The van der Waals surface area contributed by atoms with Crippen LogP contribution in [0.4, 0.5) is 0 Å². The van der Waals surface area contributed by atoms with Crippen LogP contribution in [0, 0.1) is 0 Å². The number of benzene rings is 2. The summed E-state index contributed by atoms with van der Waals surface area (Å²) in [6.45, 7) is 0. The minimum Gasteiger partial charge on any atom is -0.496 e. The number of methoxy groups -OCH3 is 1. The van der Waals surface area contributed by atoms with Crippen LogP contribution >= 0.6 is 34.8 Å². The van der Waals surface area contributed by atoms with Crippen molar-refractivity contribution in [1.29, 1.82) is 0 Å². The molecule has 0 heterocycles. The van der Waals surface area contributed by atoms with E-state index in [1.165, 1.54) is 0 Å². The van der Waals surface area contributed by atoms with Crippen molar-refractivity contribution < 1.29 is 4.74 Å². The highest BCUT2D eigenvalue weighted by Crippen LogP contribution is 2.29. The Morgan fingerprint density at radius 3 is 2.29 bits per heavy atom. The van der Waals surface area contributed by atoms with E-state index in [0.717, 1.165) is 16.9 Å². The van der Waals surface area contributed by atoms with Gasteiger partial charge in [-0.25, -0.2) is 0 Å². The predicted octanol–water partition coefficient (Wildman–Crippen LogP) is 4.40. The van der Waals surface area contributed by atoms with E-state index in [4.69, 9.17) is 45.4 Å². The van der Waals surface area contributed by atoms with Gasteiger partial charge in [0.15, 0.2) is 0 Å². The third-order valence-electron chi connectivity index (χ3n) is 3.15. The number of nitrogens with two attached hydrogens (primary N) is 1. The lowest BCUT2D eigenvalue weighted by atomic mass is 9.99. The highest BCUT2D eigenvalue weighted by molar-refractivity contribution is 6.34. The molecule has 0 saturated carbocycles. The second-order valence-corrected chi connectivity index (χ2v) is 5.89. The first-order chi connectivity index (χ1) is 10.0. The molecule has 2 aromatic carbocycles. The minimum atomic E-state index is -0.159. The summed E-state index contributed by atoms with van der Waals surface area (Å²) in [7, 11) is 1.62. The third kappa shape index (κ3) is 4.25. The van der Waals surface area contributed by atoms with Crippen LogP contribution in [0.1, 0.15) is 17.2 Å². The highest BCUT2D eigenvalue weighted by atomic mass is 35.5. The molecule has 21 heavy (non-hydrogen) atoms. The van der Waals surface area contributed by atoms with Gasteiger partial charge in [0.05, 0.1) is 13.2 Å². The average Bonchev–Trinajstić information content (AvgIpc) is 2.43. The molecule has 0 radical (unpaired) electrons. The van der Waals surface area contributed by atoms with Gasteiger partial charge in [-0.05, 0) is 53.9 Å². The van der Waals surface area contributed by atoms with Crippen LogP contribution in [0.15, 0.2) is 36.4 Å². The largest absolute Gasteiger partial charge is 0.496 e. The number of nitrogens with one attached hydrogen (secondary N) is 1. The Morgan fingerprint density at radius 1 is 1.05 bits per heavy atom. The van der Waals surface area contributed by atoms with E-state index in [-0.39, 0.29) is 6.04 Å².